The third kappa shape index (κ3) is 4.08. The van der Waals surface area contributed by atoms with Gasteiger partial charge in [-0.2, -0.15) is 0 Å². The van der Waals surface area contributed by atoms with Crippen molar-refractivity contribution in [2.75, 3.05) is 6.54 Å². The van der Waals surface area contributed by atoms with Gasteiger partial charge in [-0.1, -0.05) is 6.92 Å². The molecule has 0 radical (unpaired) electrons. The quantitative estimate of drug-likeness (QED) is 0.442. The molecule has 1 heterocycles. The van der Waals surface area contributed by atoms with Crippen molar-refractivity contribution in [1.29, 1.82) is 0 Å². The number of nitro groups is 1. The maximum atomic E-state index is 11.8. The molecule has 0 aliphatic rings. The van der Waals surface area contributed by atoms with Gasteiger partial charge < -0.3 is 15.0 Å². The van der Waals surface area contributed by atoms with Crippen LogP contribution in [0.2, 0.25) is 0 Å². The first kappa shape index (κ1) is 15.7. The molecule has 0 fully saturated rings. The number of nitrogens with one attached hydrogen (secondary N) is 1. The number of carbonyl (C=O) groups is 2. The molecule has 1 atom stereocenters. The van der Waals surface area contributed by atoms with Crippen LogP contribution in [0.5, 0.6) is 0 Å². The fourth-order valence-corrected chi connectivity index (χ4v) is 1.70. The number of aliphatic carboxylic acids is 1. The molecule has 0 aromatic carbocycles. The van der Waals surface area contributed by atoms with Crippen LogP contribution in [0.4, 0.5) is 5.69 Å². The lowest BCUT2D eigenvalue weighted by molar-refractivity contribution is -0.384. The van der Waals surface area contributed by atoms with Crippen molar-refractivity contribution in [3.8, 4) is 0 Å². The van der Waals surface area contributed by atoms with Gasteiger partial charge in [0.15, 0.2) is 0 Å². The van der Waals surface area contributed by atoms with Gasteiger partial charge in [0.2, 0.25) is 0 Å². The zero-order chi connectivity index (χ0) is 15.3. The standard InChI is InChI=1S/C12H17N3O5/c1-8(12(17)18)4-3-5-13-11(16)10-6-9(15(19)20)7-14(10)2/h6-8H,3-5H2,1-2H3,(H,13,16)(H,17,18). The highest BCUT2D eigenvalue weighted by Gasteiger charge is 2.17. The number of aromatic nitrogens is 1. The number of carboxylic acid groups (broad SMARTS) is 1. The van der Waals surface area contributed by atoms with Gasteiger partial charge in [-0.15, -0.1) is 0 Å². The normalized spacial score (nSPS) is 11.9. The number of hydrogen-bond acceptors (Lipinski definition) is 4. The third-order valence-corrected chi connectivity index (χ3v) is 2.96. The first-order chi connectivity index (χ1) is 9.32. The van der Waals surface area contributed by atoms with Crippen molar-refractivity contribution in [3.63, 3.8) is 0 Å². The van der Waals surface area contributed by atoms with Crippen molar-refractivity contribution in [3.05, 3.63) is 28.1 Å². The van der Waals surface area contributed by atoms with Crippen LogP contribution in [0.25, 0.3) is 0 Å². The Morgan fingerprint density at radius 3 is 2.70 bits per heavy atom. The number of nitrogens with zero attached hydrogens (tertiary/aromatic N) is 2. The fourth-order valence-electron chi connectivity index (χ4n) is 1.70. The second-order valence-corrected chi connectivity index (χ2v) is 4.59. The minimum absolute atomic E-state index is 0.142. The number of carbonyl (C=O) groups excluding carboxylic acids is 1. The minimum atomic E-state index is -0.866. The highest BCUT2D eigenvalue weighted by molar-refractivity contribution is 5.93. The Bertz CT molecular complexity index is 523. The van der Waals surface area contributed by atoms with Gasteiger partial charge in [-0.25, -0.2) is 0 Å². The molecule has 8 heteroatoms. The Morgan fingerprint density at radius 2 is 2.20 bits per heavy atom. The number of amides is 1. The summed E-state index contributed by atoms with van der Waals surface area (Å²) in [5.41, 5.74) is 0.0557. The number of rotatable bonds is 7. The van der Waals surface area contributed by atoms with E-state index in [9.17, 15) is 19.7 Å². The Kier molecular flexibility index (Phi) is 5.24. The molecular weight excluding hydrogens is 266 g/mol. The van der Waals surface area contributed by atoms with Crippen LogP contribution in [-0.2, 0) is 11.8 Å². The second kappa shape index (κ2) is 6.69. The summed E-state index contributed by atoms with van der Waals surface area (Å²) in [5, 5.41) is 21.9. The molecule has 0 saturated carbocycles. The molecule has 1 amide bonds. The van der Waals surface area contributed by atoms with E-state index < -0.39 is 22.7 Å². The van der Waals surface area contributed by atoms with Crippen molar-refractivity contribution < 1.29 is 19.6 Å². The Balaban J connectivity index is 2.47. The van der Waals surface area contributed by atoms with Crippen LogP contribution in [0.1, 0.15) is 30.3 Å². The molecule has 1 rings (SSSR count). The van der Waals surface area contributed by atoms with E-state index in [2.05, 4.69) is 5.32 Å². The van der Waals surface area contributed by atoms with E-state index in [-0.39, 0.29) is 11.4 Å². The summed E-state index contributed by atoms with van der Waals surface area (Å²) in [6, 6.07) is 1.20. The highest BCUT2D eigenvalue weighted by Crippen LogP contribution is 2.15. The molecule has 1 aromatic rings. The molecule has 0 aliphatic carbocycles. The smallest absolute Gasteiger partial charge is 0.306 e. The van der Waals surface area contributed by atoms with E-state index in [1.807, 2.05) is 0 Å². The van der Waals surface area contributed by atoms with Gasteiger partial charge in [0.05, 0.1) is 17.0 Å². The predicted octanol–water partition coefficient (Wildman–Crippen LogP) is 1.16. The molecule has 0 aliphatic heterocycles. The maximum Gasteiger partial charge on any atom is 0.306 e. The summed E-state index contributed by atoms with van der Waals surface area (Å²) >= 11 is 0. The summed E-state index contributed by atoms with van der Waals surface area (Å²) in [6.07, 6.45) is 2.26. The van der Waals surface area contributed by atoms with Crippen LogP contribution in [-0.4, -0.2) is 33.0 Å². The van der Waals surface area contributed by atoms with Crippen molar-refractivity contribution in [1.82, 2.24) is 9.88 Å². The summed E-state index contributed by atoms with van der Waals surface area (Å²) < 4.78 is 1.38. The Labute approximate surface area is 115 Å². The van der Waals surface area contributed by atoms with Gasteiger partial charge >= 0.3 is 5.97 Å². The number of carboxylic acids is 1. The number of hydrogen-bond donors (Lipinski definition) is 2. The van der Waals surface area contributed by atoms with Gasteiger partial charge in [-0.05, 0) is 12.8 Å². The molecule has 8 nitrogen and oxygen atoms in total. The van der Waals surface area contributed by atoms with E-state index in [4.69, 9.17) is 5.11 Å². The molecule has 1 aromatic heterocycles. The van der Waals surface area contributed by atoms with E-state index in [0.717, 1.165) is 0 Å². The summed E-state index contributed by atoms with van der Waals surface area (Å²) in [7, 11) is 1.55. The maximum absolute atomic E-state index is 11.8. The first-order valence-electron chi connectivity index (χ1n) is 6.14. The molecule has 1 unspecified atom stereocenters. The van der Waals surface area contributed by atoms with Crippen LogP contribution < -0.4 is 5.32 Å². The molecule has 2 N–H and O–H groups in total. The third-order valence-electron chi connectivity index (χ3n) is 2.96. The van der Waals surface area contributed by atoms with Crippen LogP contribution in [0, 0.1) is 16.0 Å². The Morgan fingerprint density at radius 1 is 1.55 bits per heavy atom. The molecule has 0 saturated heterocycles. The molecule has 0 bridgehead atoms. The van der Waals surface area contributed by atoms with Gasteiger partial charge in [-0.3, -0.25) is 19.7 Å². The Hall–Kier alpha value is -2.38. The van der Waals surface area contributed by atoms with Crippen LogP contribution in [0.3, 0.4) is 0 Å². The average molecular weight is 283 g/mol. The largest absolute Gasteiger partial charge is 0.481 e. The van der Waals surface area contributed by atoms with Gasteiger partial charge in [0, 0.05) is 19.7 Å². The highest BCUT2D eigenvalue weighted by atomic mass is 16.6. The van der Waals surface area contributed by atoms with Crippen molar-refractivity contribution in [2.24, 2.45) is 13.0 Å². The van der Waals surface area contributed by atoms with E-state index in [1.165, 1.54) is 16.8 Å². The van der Waals surface area contributed by atoms with Crippen LogP contribution in [0.15, 0.2) is 12.3 Å². The molecular formula is C12H17N3O5. The molecule has 20 heavy (non-hydrogen) atoms. The predicted molar refractivity (Wildman–Crippen MR) is 70.4 cm³/mol. The SMILES string of the molecule is CC(CCCNC(=O)c1cc([N+](=O)[O-])cn1C)C(=O)O. The lowest BCUT2D eigenvalue weighted by Gasteiger charge is -2.07. The second-order valence-electron chi connectivity index (χ2n) is 4.59. The van der Waals surface area contributed by atoms with Crippen LogP contribution >= 0.6 is 0 Å². The molecule has 110 valence electrons. The minimum Gasteiger partial charge on any atom is -0.481 e. The van der Waals surface area contributed by atoms with Gasteiger partial charge in [0.25, 0.3) is 11.6 Å². The number of aryl methyl sites for hydroxylation is 1. The van der Waals surface area contributed by atoms with E-state index in [1.54, 1.807) is 14.0 Å². The lowest BCUT2D eigenvalue weighted by atomic mass is 10.1. The summed E-state index contributed by atoms with van der Waals surface area (Å²) in [4.78, 5) is 32.4. The fraction of sp³-hybridized carbons (Fsp3) is 0.500. The van der Waals surface area contributed by atoms with Crippen molar-refractivity contribution >= 4 is 17.6 Å². The topological polar surface area (TPSA) is 114 Å². The van der Waals surface area contributed by atoms with E-state index >= 15 is 0 Å². The monoisotopic (exact) mass is 283 g/mol. The zero-order valence-corrected chi connectivity index (χ0v) is 11.3. The summed E-state index contributed by atoms with van der Waals surface area (Å²) in [6.45, 7) is 1.93. The average Bonchev–Trinajstić information content (AvgIpc) is 2.76. The van der Waals surface area contributed by atoms with E-state index in [0.29, 0.717) is 19.4 Å². The van der Waals surface area contributed by atoms with Gasteiger partial charge in [0.1, 0.15) is 5.69 Å². The zero-order valence-electron chi connectivity index (χ0n) is 11.3. The lowest BCUT2D eigenvalue weighted by Crippen LogP contribution is -2.26. The van der Waals surface area contributed by atoms with Crippen molar-refractivity contribution in [2.45, 2.75) is 19.8 Å². The molecule has 0 spiro atoms. The first-order valence-corrected chi connectivity index (χ1v) is 6.14. The summed E-state index contributed by atoms with van der Waals surface area (Å²) in [5.74, 6) is -1.74.